The summed E-state index contributed by atoms with van der Waals surface area (Å²) >= 11 is 0. The molecule has 2 fully saturated rings. The molecule has 2 aliphatic rings. The van der Waals surface area contributed by atoms with Crippen molar-refractivity contribution >= 4 is 24.8 Å². The van der Waals surface area contributed by atoms with Gasteiger partial charge in [0.2, 0.25) is 0 Å². The van der Waals surface area contributed by atoms with E-state index in [1.165, 1.54) is 32.6 Å². The standard InChI is InChI=1S/C8H16N2.2ClH/c1-10-5-7-2-3-9-4-8(7)6-10;;/h7-9H,2-6H2,1H3;2*1H/t7-,8+;;/m0../s1. The van der Waals surface area contributed by atoms with Crippen molar-refractivity contribution in [1.29, 1.82) is 0 Å². The van der Waals surface area contributed by atoms with Crippen molar-refractivity contribution < 1.29 is 0 Å². The normalized spacial score (nSPS) is 34.8. The molecule has 0 bridgehead atoms. The van der Waals surface area contributed by atoms with Crippen LogP contribution in [0.25, 0.3) is 0 Å². The van der Waals surface area contributed by atoms with Gasteiger partial charge in [-0.2, -0.15) is 0 Å². The summed E-state index contributed by atoms with van der Waals surface area (Å²) in [6.45, 7) is 5.16. The average molecular weight is 213 g/mol. The van der Waals surface area contributed by atoms with E-state index in [2.05, 4.69) is 17.3 Å². The second kappa shape index (κ2) is 5.28. The Hall–Kier alpha value is 0.500. The molecular formula is C8H18Cl2N2. The molecule has 0 spiro atoms. The van der Waals surface area contributed by atoms with Crippen LogP contribution in [-0.4, -0.2) is 38.1 Å². The molecule has 74 valence electrons. The smallest absolute Gasteiger partial charge is 0.00220 e. The maximum atomic E-state index is 3.45. The first-order chi connectivity index (χ1) is 4.86. The summed E-state index contributed by atoms with van der Waals surface area (Å²) in [7, 11) is 2.23. The Bertz CT molecular complexity index is 118. The Balaban J connectivity index is 0.000000605. The molecule has 2 saturated heterocycles. The fraction of sp³-hybridized carbons (Fsp3) is 1.00. The third kappa shape index (κ3) is 2.49. The number of fused-ring (bicyclic) bond motifs is 1. The predicted octanol–water partition coefficient (Wildman–Crippen LogP) is 1.00. The molecular weight excluding hydrogens is 195 g/mol. The summed E-state index contributed by atoms with van der Waals surface area (Å²) in [5.74, 6) is 1.96. The highest BCUT2D eigenvalue weighted by Crippen LogP contribution is 2.26. The molecule has 2 rings (SSSR count). The first kappa shape index (κ1) is 12.5. The van der Waals surface area contributed by atoms with Gasteiger partial charge in [0.25, 0.3) is 0 Å². The predicted molar refractivity (Wildman–Crippen MR) is 56.5 cm³/mol. The molecule has 0 radical (unpaired) electrons. The number of nitrogens with one attached hydrogen (secondary N) is 1. The number of halogens is 2. The highest BCUT2D eigenvalue weighted by molar-refractivity contribution is 5.85. The van der Waals surface area contributed by atoms with Gasteiger partial charge in [0.15, 0.2) is 0 Å². The van der Waals surface area contributed by atoms with Crippen molar-refractivity contribution in [2.45, 2.75) is 6.42 Å². The van der Waals surface area contributed by atoms with Gasteiger partial charge in [-0.25, -0.2) is 0 Å². The molecule has 0 aromatic heterocycles. The zero-order valence-corrected chi connectivity index (χ0v) is 9.09. The highest BCUT2D eigenvalue weighted by atomic mass is 35.5. The lowest BCUT2D eigenvalue weighted by atomic mass is 9.90. The zero-order valence-electron chi connectivity index (χ0n) is 7.45. The van der Waals surface area contributed by atoms with Gasteiger partial charge in [-0.1, -0.05) is 0 Å². The summed E-state index contributed by atoms with van der Waals surface area (Å²) in [5.41, 5.74) is 0. The van der Waals surface area contributed by atoms with E-state index in [0.717, 1.165) is 11.8 Å². The second-order valence-corrected chi connectivity index (χ2v) is 3.73. The van der Waals surface area contributed by atoms with Gasteiger partial charge in [0, 0.05) is 13.1 Å². The highest BCUT2D eigenvalue weighted by Gasteiger charge is 2.31. The van der Waals surface area contributed by atoms with E-state index >= 15 is 0 Å². The van der Waals surface area contributed by atoms with Crippen LogP contribution in [0.2, 0.25) is 0 Å². The van der Waals surface area contributed by atoms with Gasteiger partial charge in [0.05, 0.1) is 0 Å². The summed E-state index contributed by atoms with van der Waals surface area (Å²) in [5, 5.41) is 3.45. The number of hydrogen-bond acceptors (Lipinski definition) is 2. The Morgan fingerprint density at radius 1 is 1.17 bits per heavy atom. The minimum absolute atomic E-state index is 0. The van der Waals surface area contributed by atoms with Crippen molar-refractivity contribution in [3.05, 3.63) is 0 Å². The van der Waals surface area contributed by atoms with Crippen LogP contribution < -0.4 is 5.32 Å². The van der Waals surface area contributed by atoms with E-state index in [1.54, 1.807) is 0 Å². The number of piperidine rings is 1. The molecule has 12 heavy (non-hydrogen) atoms. The van der Waals surface area contributed by atoms with Crippen LogP contribution in [0.15, 0.2) is 0 Å². The van der Waals surface area contributed by atoms with Crippen LogP contribution in [0.3, 0.4) is 0 Å². The molecule has 2 atom stereocenters. The van der Waals surface area contributed by atoms with Gasteiger partial charge in [-0.05, 0) is 38.4 Å². The Morgan fingerprint density at radius 3 is 2.50 bits per heavy atom. The van der Waals surface area contributed by atoms with E-state index in [0.29, 0.717) is 0 Å². The number of hydrogen-bond donors (Lipinski definition) is 1. The van der Waals surface area contributed by atoms with E-state index in [9.17, 15) is 0 Å². The van der Waals surface area contributed by atoms with E-state index in [1.807, 2.05) is 0 Å². The molecule has 2 heterocycles. The summed E-state index contributed by atoms with van der Waals surface area (Å²) in [6, 6.07) is 0. The van der Waals surface area contributed by atoms with E-state index < -0.39 is 0 Å². The fourth-order valence-corrected chi connectivity index (χ4v) is 2.31. The largest absolute Gasteiger partial charge is 0.316 e. The summed E-state index contributed by atoms with van der Waals surface area (Å²) in [6.07, 6.45) is 1.40. The van der Waals surface area contributed by atoms with Gasteiger partial charge in [-0.15, -0.1) is 24.8 Å². The lowest BCUT2D eigenvalue weighted by Gasteiger charge is -2.24. The maximum absolute atomic E-state index is 3.45. The molecule has 0 aromatic carbocycles. The van der Waals surface area contributed by atoms with Gasteiger partial charge in [0.1, 0.15) is 0 Å². The molecule has 2 aliphatic heterocycles. The Labute approximate surface area is 86.9 Å². The van der Waals surface area contributed by atoms with Crippen LogP contribution >= 0.6 is 24.8 Å². The summed E-state index contributed by atoms with van der Waals surface area (Å²) in [4.78, 5) is 2.46. The Morgan fingerprint density at radius 2 is 1.83 bits per heavy atom. The number of nitrogens with zero attached hydrogens (tertiary/aromatic N) is 1. The van der Waals surface area contributed by atoms with Crippen LogP contribution in [0.5, 0.6) is 0 Å². The van der Waals surface area contributed by atoms with Crippen LogP contribution in [0, 0.1) is 11.8 Å². The minimum atomic E-state index is 0. The molecule has 2 nitrogen and oxygen atoms in total. The lowest BCUT2D eigenvalue weighted by Crippen LogP contribution is -2.35. The second-order valence-electron chi connectivity index (χ2n) is 3.73. The topological polar surface area (TPSA) is 15.3 Å². The SMILES string of the molecule is CN1C[C@H]2CNCC[C@H]2C1.Cl.Cl. The van der Waals surface area contributed by atoms with Crippen molar-refractivity contribution in [1.82, 2.24) is 10.2 Å². The average Bonchev–Trinajstić information content (AvgIpc) is 2.27. The Kier molecular flexibility index (Phi) is 5.50. The van der Waals surface area contributed by atoms with E-state index in [-0.39, 0.29) is 24.8 Å². The van der Waals surface area contributed by atoms with Crippen LogP contribution in [0.1, 0.15) is 6.42 Å². The monoisotopic (exact) mass is 212 g/mol. The quantitative estimate of drug-likeness (QED) is 0.645. The van der Waals surface area contributed by atoms with Crippen molar-refractivity contribution in [2.75, 3.05) is 33.2 Å². The molecule has 0 amide bonds. The van der Waals surface area contributed by atoms with Crippen LogP contribution in [-0.2, 0) is 0 Å². The third-order valence-corrected chi connectivity index (χ3v) is 2.86. The molecule has 1 N–H and O–H groups in total. The van der Waals surface area contributed by atoms with Crippen LogP contribution in [0.4, 0.5) is 0 Å². The maximum Gasteiger partial charge on any atom is 0.00220 e. The molecule has 0 saturated carbocycles. The summed E-state index contributed by atoms with van der Waals surface area (Å²) < 4.78 is 0. The molecule has 0 aliphatic carbocycles. The molecule has 0 aromatic rings. The number of rotatable bonds is 0. The fourth-order valence-electron chi connectivity index (χ4n) is 2.31. The first-order valence-corrected chi connectivity index (χ1v) is 4.25. The first-order valence-electron chi connectivity index (χ1n) is 4.25. The van der Waals surface area contributed by atoms with Gasteiger partial charge in [-0.3, -0.25) is 0 Å². The molecule has 4 heteroatoms. The zero-order chi connectivity index (χ0) is 6.97. The van der Waals surface area contributed by atoms with Gasteiger partial charge < -0.3 is 10.2 Å². The van der Waals surface area contributed by atoms with Crippen molar-refractivity contribution in [2.24, 2.45) is 11.8 Å². The third-order valence-electron chi connectivity index (χ3n) is 2.86. The van der Waals surface area contributed by atoms with Crippen molar-refractivity contribution in [3.63, 3.8) is 0 Å². The van der Waals surface area contributed by atoms with Gasteiger partial charge >= 0.3 is 0 Å². The number of likely N-dealkylation sites (tertiary alicyclic amines) is 1. The lowest BCUT2D eigenvalue weighted by molar-refractivity contribution is 0.318. The minimum Gasteiger partial charge on any atom is -0.316 e. The van der Waals surface area contributed by atoms with E-state index in [4.69, 9.17) is 0 Å². The van der Waals surface area contributed by atoms with Crippen molar-refractivity contribution in [3.8, 4) is 0 Å². The molecule has 0 unspecified atom stereocenters.